The fourth-order valence-electron chi connectivity index (χ4n) is 3.28. The third kappa shape index (κ3) is 1.69. The van der Waals surface area contributed by atoms with Gasteiger partial charge in [0.1, 0.15) is 4.87 Å². The second-order valence-electron chi connectivity index (χ2n) is 5.62. The molecule has 1 heteroatoms. The van der Waals surface area contributed by atoms with E-state index in [1.54, 1.807) is 0 Å². The van der Waals surface area contributed by atoms with Gasteiger partial charge in [0.15, 0.2) is 0 Å². The van der Waals surface area contributed by atoms with E-state index in [-0.39, 0.29) is 0 Å². The molecule has 0 saturated carbocycles. The van der Waals surface area contributed by atoms with Gasteiger partial charge in [0.05, 0.1) is 0 Å². The van der Waals surface area contributed by atoms with E-state index in [2.05, 4.69) is 79.7 Å². The van der Waals surface area contributed by atoms with E-state index in [0.29, 0.717) is 0 Å². The van der Waals surface area contributed by atoms with Crippen molar-refractivity contribution in [3.63, 3.8) is 0 Å². The van der Waals surface area contributed by atoms with Crippen LogP contribution in [0.1, 0.15) is 22.3 Å². The first-order valence-corrected chi connectivity index (χ1v) is 7.54. The van der Waals surface area contributed by atoms with Crippen LogP contribution in [0.5, 0.6) is 0 Å². The average molecular weight is 291 g/mol. The third-order valence-corrected chi connectivity index (χ3v) is 4.96. The average Bonchev–Trinajstić information content (AvgIpc) is 2.80. The van der Waals surface area contributed by atoms with Crippen LogP contribution in [0.25, 0.3) is 11.1 Å². The Kier molecular flexibility index (Phi) is 2.70. The van der Waals surface area contributed by atoms with Crippen LogP contribution in [0.3, 0.4) is 0 Å². The lowest BCUT2D eigenvalue weighted by Crippen LogP contribution is -2.19. The van der Waals surface area contributed by atoms with Gasteiger partial charge >= 0.3 is 0 Å². The van der Waals surface area contributed by atoms with Gasteiger partial charge in [-0.3, -0.25) is 0 Å². The molecular formula is C20H15Cl. The molecule has 4 rings (SSSR count). The zero-order chi connectivity index (χ0) is 14.4. The maximum Gasteiger partial charge on any atom is 0.121 e. The highest BCUT2D eigenvalue weighted by atomic mass is 35.5. The molecule has 1 aliphatic carbocycles. The summed E-state index contributed by atoms with van der Waals surface area (Å²) in [6.07, 6.45) is 0. The second kappa shape index (κ2) is 4.47. The molecule has 3 aromatic rings. The van der Waals surface area contributed by atoms with Crippen molar-refractivity contribution in [2.45, 2.75) is 11.8 Å². The minimum atomic E-state index is -0.582. The predicted octanol–water partition coefficient (Wildman–Crippen LogP) is 5.51. The Morgan fingerprint density at radius 2 is 1.14 bits per heavy atom. The Hall–Kier alpha value is -2.05. The SMILES string of the molecule is Cc1ccc(C2(Cl)c3ccccc3-c3ccccc32)cc1. The van der Waals surface area contributed by atoms with Crippen molar-refractivity contribution >= 4 is 11.6 Å². The molecule has 0 heterocycles. The van der Waals surface area contributed by atoms with Crippen molar-refractivity contribution in [1.29, 1.82) is 0 Å². The number of alkyl halides is 1. The number of aryl methyl sites for hydroxylation is 1. The number of fused-ring (bicyclic) bond motifs is 3. The van der Waals surface area contributed by atoms with E-state index in [9.17, 15) is 0 Å². The minimum absolute atomic E-state index is 0.582. The summed E-state index contributed by atoms with van der Waals surface area (Å²) in [4.78, 5) is -0.582. The molecule has 0 nitrogen and oxygen atoms in total. The normalized spacial score (nSPS) is 14.6. The lowest BCUT2D eigenvalue weighted by atomic mass is 9.88. The van der Waals surface area contributed by atoms with E-state index >= 15 is 0 Å². The highest BCUT2D eigenvalue weighted by molar-refractivity contribution is 6.30. The van der Waals surface area contributed by atoms with E-state index in [0.717, 1.165) is 5.56 Å². The molecule has 0 aliphatic heterocycles. The molecule has 3 aromatic carbocycles. The first-order chi connectivity index (χ1) is 10.2. The summed E-state index contributed by atoms with van der Waals surface area (Å²) in [6, 6.07) is 25.4. The van der Waals surface area contributed by atoms with Crippen molar-refractivity contribution < 1.29 is 0 Å². The van der Waals surface area contributed by atoms with Gasteiger partial charge in [-0.15, -0.1) is 11.6 Å². The predicted molar refractivity (Wildman–Crippen MR) is 88.8 cm³/mol. The molecule has 0 N–H and O–H groups in total. The molecule has 0 bridgehead atoms. The van der Waals surface area contributed by atoms with Crippen LogP contribution in [-0.4, -0.2) is 0 Å². The second-order valence-corrected chi connectivity index (χ2v) is 6.18. The quantitative estimate of drug-likeness (QED) is 0.519. The highest BCUT2D eigenvalue weighted by Gasteiger charge is 2.42. The number of rotatable bonds is 1. The summed E-state index contributed by atoms with van der Waals surface area (Å²) in [6.45, 7) is 2.10. The van der Waals surface area contributed by atoms with Crippen LogP contribution in [0.2, 0.25) is 0 Å². The largest absolute Gasteiger partial charge is 0.121 e. The van der Waals surface area contributed by atoms with Crippen molar-refractivity contribution in [2.75, 3.05) is 0 Å². The summed E-state index contributed by atoms with van der Waals surface area (Å²) in [7, 11) is 0. The van der Waals surface area contributed by atoms with E-state index in [1.165, 1.54) is 27.8 Å². The van der Waals surface area contributed by atoms with Gasteiger partial charge in [-0.2, -0.15) is 0 Å². The fraction of sp³-hybridized carbons (Fsp3) is 0.100. The van der Waals surface area contributed by atoms with Crippen molar-refractivity contribution in [3.8, 4) is 11.1 Å². The molecule has 1 aliphatic rings. The van der Waals surface area contributed by atoms with Gasteiger partial charge in [-0.05, 0) is 34.7 Å². The molecule has 0 amide bonds. The molecule has 0 spiro atoms. The fourth-order valence-corrected chi connectivity index (χ4v) is 3.73. The molecule has 0 saturated heterocycles. The number of hydrogen-bond donors (Lipinski definition) is 0. The third-order valence-electron chi connectivity index (χ3n) is 4.34. The minimum Gasteiger partial charge on any atom is -0.103 e. The summed E-state index contributed by atoms with van der Waals surface area (Å²) in [5, 5.41) is 0. The van der Waals surface area contributed by atoms with Crippen LogP contribution >= 0.6 is 11.6 Å². The van der Waals surface area contributed by atoms with E-state index < -0.39 is 4.87 Å². The van der Waals surface area contributed by atoms with Crippen molar-refractivity contribution in [3.05, 3.63) is 95.1 Å². The molecule has 0 aromatic heterocycles. The Morgan fingerprint density at radius 1 is 0.667 bits per heavy atom. The van der Waals surface area contributed by atoms with E-state index in [4.69, 9.17) is 11.6 Å². The van der Waals surface area contributed by atoms with Crippen molar-refractivity contribution in [2.24, 2.45) is 0 Å². The van der Waals surface area contributed by atoms with Gasteiger partial charge in [-0.25, -0.2) is 0 Å². The molecule has 0 atom stereocenters. The zero-order valence-corrected chi connectivity index (χ0v) is 12.6. The topological polar surface area (TPSA) is 0 Å². The lowest BCUT2D eigenvalue weighted by Gasteiger charge is -2.25. The standard InChI is InChI=1S/C20H15Cl/c1-14-10-12-15(13-11-14)20(21)18-8-4-2-6-16(18)17-7-3-5-9-19(17)20/h2-13H,1H3. The van der Waals surface area contributed by atoms with E-state index in [1.807, 2.05) is 0 Å². The van der Waals surface area contributed by atoms with Crippen LogP contribution in [0.4, 0.5) is 0 Å². The molecule has 21 heavy (non-hydrogen) atoms. The van der Waals surface area contributed by atoms with Gasteiger partial charge in [0.25, 0.3) is 0 Å². The Labute approximate surface area is 130 Å². The van der Waals surface area contributed by atoms with Gasteiger partial charge in [-0.1, -0.05) is 78.4 Å². The number of benzene rings is 3. The first kappa shape index (κ1) is 12.7. The molecule has 0 fully saturated rings. The van der Waals surface area contributed by atoms with Crippen molar-refractivity contribution in [1.82, 2.24) is 0 Å². The van der Waals surface area contributed by atoms with Crippen LogP contribution in [0, 0.1) is 6.92 Å². The maximum atomic E-state index is 7.21. The Bertz CT molecular complexity index is 770. The smallest absolute Gasteiger partial charge is 0.103 e. The van der Waals surface area contributed by atoms with Gasteiger partial charge in [0.2, 0.25) is 0 Å². The number of hydrogen-bond acceptors (Lipinski definition) is 0. The monoisotopic (exact) mass is 290 g/mol. The highest BCUT2D eigenvalue weighted by Crippen LogP contribution is 2.54. The first-order valence-electron chi connectivity index (χ1n) is 7.17. The summed E-state index contributed by atoms with van der Waals surface area (Å²) in [5.41, 5.74) is 7.21. The molecule has 102 valence electrons. The van der Waals surface area contributed by atoms with Gasteiger partial charge < -0.3 is 0 Å². The Balaban J connectivity index is 2.06. The Morgan fingerprint density at radius 3 is 1.67 bits per heavy atom. The lowest BCUT2D eigenvalue weighted by molar-refractivity contribution is 0.910. The zero-order valence-electron chi connectivity index (χ0n) is 11.8. The van der Waals surface area contributed by atoms with Crippen LogP contribution < -0.4 is 0 Å². The molecular weight excluding hydrogens is 276 g/mol. The summed E-state index contributed by atoms with van der Waals surface area (Å²) < 4.78 is 0. The molecule has 0 radical (unpaired) electrons. The van der Waals surface area contributed by atoms with Gasteiger partial charge in [0, 0.05) is 0 Å². The number of halogens is 1. The summed E-state index contributed by atoms with van der Waals surface area (Å²) in [5.74, 6) is 0. The summed E-state index contributed by atoms with van der Waals surface area (Å²) >= 11 is 7.21. The molecule has 0 unspecified atom stereocenters. The van der Waals surface area contributed by atoms with Crippen LogP contribution in [0.15, 0.2) is 72.8 Å². The van der Waals surface area contributed by atoms with Crippen LogP contribution in [-0.2, 0) is 4.87 Å². The maximum absolute atomic E-state index is 7.21.